The van der Waals surface area contributed by atoms with Crippen molar-refractivity contribution in [2.45, 2.75) is 19.2 Å². The smallest absolute Gasteiger partial charge is 0.165 e. The average Bonchev–Trinajstić information content (AvgIpc) is 2.66. The number of rotatable bonds is 7. The number of aromatic nitrogens is 4. The third kappa shape index (κ3) is 3.54. The zero-order valence-corrected chi connectivity index (χ0v) is 9.30. The summed E-state index contributed by atoms with van der Waals surface area (Å²) in [5.74, 6) is 0.788. The van der Waals surface area contributed by atoms with Gasteiger partial charge in [0, 0.05) is 14.2 Å². The van der Waals surface area contributed by atoms with E-state index in [0.717, 1.165) is 5.82 Å². The van der Waals surface area contributed by atoms with Crippen LogP contribution in [-0.4, -0.2) is 54.2 Å². The van der Waals surface area contributed by atoms with Crippen LogP contribution in [0.3, 0.4) is 0 Å². The Bertz CT molecular complexity index is 278. The predicted molar refractivity (Wildman–Crippen MR) is 53.3 cm³/mol. The van der Waals surface area contributed by atoms with Gasteiger partial charge in [-0.2, -0.15) is 0 Å². The minimum Gasteiger partial charge on any atom is -0.382 e. The second kappa shape index (κ2) is 6.44. The first-order chi connectivity index (χ1) is 7.31. The normalized spacial score (nSPS) is 13.0. The standard InChI is InChI=1S/C8H17N5O2/c1-9-4-8-10-11-12-13(8)5-7(15-3)6-14-2/h7,9H,4-6H2,1-3H3. The first kappa shape index (κ1) is 12.0. The molecule has 1 aromatic rings. The highest BCUT2D eigenvalue weighted by atomic mass is 16.5. The van der Waals surface area contributed by atoms with E-state index in [9.17, 15) is 0 Å². The van der Waals surface area contributed by atoms with Gasteiger partial charge in [0.2, 0.25) is 0 Å². The molecule has 0 saturated heterocycles. The van der Waals surface area contributed by atoms with Crippen LogP contribution in [0, 0.1) is 0 Å². The topological polar surface area (TPSA) is 74.1 Å². The number of tetrazole rings is 1. The fraction of sp³-hybridized carbons (Fsp3) is 0.875. The maximum atomic E-state index is 5.24. The fourth-order valence-corrected chi connectivity index (χ4v) is 1.22. The van der Waals surface area contributed by atoms with Crippen molar-refractivity contribution in [3.8, 4) is 0 Å². The van der Waals surface area contributed by atoms with Crippen molar-refractivity contribution in [2.75, 3.05) is 27.9 Å². The van der Waals surface area contributed by atoms with E-state index in [1.54, 1.807) is 18.9 Å². The highest BCUT2D eigenvalue weighted by Gasteiger charge is 2.12. The molecule has 0 bridgehead atoms. The molecule has 1 rings (SSSR count). The third-order valence-electron chi connectivity index (χ3n) is 2.00. The first-order valence-electron chi connectivity index (χ1n) is 4.73. The van der Waals surface area contributed by atoms with Crippen LogP contribution in [0.15, 0.2) is 0 Å². The first-order valence-corrected chi connectivity index (χ1v) is 4.73. The van der Waals surface area contributed by atoms with Gasteiger partial charge in [0.05, 0.1) is 19.7 Å². The molecule has 0 aliphatic heterocycles. The van der Waals surface area contributed by atoms with Gasteiger partial charge in [-0.1, -0.05) is 0 Å². The van der Waals surface area contributed by atoms with E-state index in [2.05, 4.69) is 20.8 Å². The zero-order valence-electron chi connectivity index (χ0n) is 9.30. The second-order valence-electron chi connectivity index (χ2n) is 3.12. The number of nitrogens with one attached hydrogen (secondary N) is 1. The maximum absolute atomic E-state index is 5.24. The van der Waals surface area contributed by atoms with Gasteiger partial charge in [0.25, 0.3) is 0 Å². The van der Waals surface area contributed by atoms with Crippen LogP contribution < -0.4 is 5.32 Å². The van der Waals surface area contributed by atoms with Crippen LogP contribution >= 0.6 is 0 Å². The summed E-state index contributed by atoms with van der Waals surface area (Å²) < 4.78 is 12.0. The summed E-state index contributed by atoms with van der Waals surface area (Å²) >= 11 is 0. The zero-order chi connectivity index (χ0) is 11.1. The molecule has 86 valence electrons. The van der Waals surface area contributed by atoms with Crippen molar-refractivity contribution in [1.82, 2.24) is 25.5 Å². The predicted octanol–water partition coefficient (Wildman–Crippen LogP) is -0.946. The van der Waals surface area contributed by atoms with Crippen LogP contribution in [0.1, 0.15) is 5.82 Å². The molecule has 15 heavy (non-hydrogen) atoms. The lowest BCUT2D eigenvalue weighted by Crippen LogP contribution is -2.26. The lowest BCUT2D eigenvalue weighted by molar-refractivity contribution is 0.0155. The molecule has 7 nitrogen and oxygen atoms in total. The van der Waals surface area contributed by atoms with Gasteiger partial charge >= 0.3 is 0 Å². The van der Waals surface area contributed by atoms with Gasteiger partial charge < -0.3 is 14.8 Å². The Morgan fingerprint density at radius 3 is 2.87 bits per heavy atom. The van der Waals surface area contributed by atoms with E-state index in [1.807, 2.05) is 7.05 Å². The van der Waals surface area contributed by atoms with E-state index in [0.29, 0.717) is 19.7 Å². The van der Waals surface area contributed by atoms with E-state index in [-0.39, 0.29) is 6.10 Å². The summed E-state index contributed by atoms with van der Waals surface area (Å²) in [5, 5.41) is 14.4. The van der Waals surface area contributed by atoms with E-state index in [4.69, 9.17) is 9.47 Å². The summed E-state index contributed by atoms with van der Waals surface area (Å²) in [4.78, 5) is 0. The Morgan fingerprint density at radius 1 is 1.47 bits per heavy atom. The lowest BCUT2D eigenvalue weighted by atomic mass is 10.3. The Morgan fingerprint density at radius 2 is 2.27 bits per heavy atom. The number of nitrogens with zero attached hydrogens (tertiary/aromatic N) is 4. The molecule has 0 aliphatic rings. The summed E-state index contributed by atoms with van der Waals surface area (Å²) in [6.45, 7) is 1.75. The van der Waals surface area contributed by atoms with Crippen molar-refractivity contribution >= 4 is 0 Å². The molecule has 1 aromatic heterocycles. The molecule has 0 amide bonds. The molecule has 0 saturated carbocycles. The largest absolute Gasteiger partial charge is 0.382 e. The summed E-state index contributed by atoms with van der Waals surface area (Å²) in [7, 11) is 5.13. The van der Waals surface area contributed by atoms with Crippen molar-refractivity contribution in [2.24, 2.45) is 0 Å². The van der Waals surface area contributed by atoms with Crippen molar-refractivity contribution in [3.63, 3.8) is 0 Å². The highest BCUT2D eigenvalue weighted by Crippen LogP contribution is 1.98. The SMILES string of the molecule is CNCc1nnnn1CC(COC)OC. The molecule has 0 fully saturated rings. The molecule has 0 aromatic carbocycles. The lowest BCUT2D eigenvalue weighted by Gasteiger charge is -2.14. The van der Waals surface area contributed by atoms with Crippen molar-refractivity contribution in [3.05, 3.63) is 5.82 Å². The number of hydrogen-bond acceptors (Lipinski definition) is 6. The minimum absolute atomic E-state index is 0.0332. The van der Waals surface area contributed by atoms with E-state index >= 15 is 0 Å². The summed E-state index contributed by atoms with van der Waals surface area (Å²) in [5.41, 5.74) is 0. The molecule has 1 atom stereocenters. The Hall–Kier alpha value is -1.05. The van der Waals surface area contributed by atoms with Crippen LogP contribution in [0.5, 0.6) is 0 Å². The molecular weight excluding hydrogens is 198 g/mol. The molecule has 0 radical (unpaired) electrons. The maximum Gasteiger partial charge on any atom is 0.165 e. The quantitative estimate of drug-likeness (QED) is 0.632. The Kier molecular flexibility index (Phi) is 5.16. The molecule has 1 unspecified atom stereocenters. The third-order valence-corrected chi connectivity index (χ3v) is 2.00. The average molecular weight is 215 g/mol. The highest BCUT2D eigenvalue weighted by molar-refractivity contribution is 4.80. The van der Waals surface area contributed by atoms with Crippen LogP contribution in [0.25, 0.3) is 0 Å². The van der Waals surface area contributed by atoms with Gasteiger partial charge in [-0.25, -0.2) is 4.68 Å². The molecular formula is C8H17N5O2. The molecule has 1 heterocycles. The van der Waals surface area contributed by atoms with Crippen LogP contribution in [0.2, 0.25) is 0 Å². The Balaban J connectivity index is 2.57. The van der Waals surface area contributed by atoms with Crippen LogP contribution in [-0.2, 0) is 22.6 Å². The van der Waals surface area contributed by atoms with Gasteiger partial charge in [-0.3, -0.25) is 0 Å². The van der Waals surface area contributed by atoms with Gasteiger partial charge in [0.1, 0.15) is 6.10 Å². The van der Waals surface area contributed by atoms with Gasteiger partial charge in [0.15, 0.2) is 5.82 Å². The van der Waals surface area contributed by atoms with E-state index in [1.165, 1.54) is 0 Å². The monoisotopic (exact) mass is 215 g/mol. The van der Waals surface area contributed by atoms with Gasteiger partial charge in [-0.15, -0.1) is 5.10 Å². The molecule has 7 heteroatoms. The number of hydrogen-bond donors (Lipinski definition) is 1. The summed E-state index contributed by atoms with van der Waals surface area (Å²) in [6.07, 6.45) is -0.0332. The van der Waals surface area contributed by atoms with E-state index < -0.39 is 0 Å². The Labute approximate surface area is 88.7 Å². The minimum atomic E-state index is -0.0332. The second-order valence-corrected chi connectivity index (χ2v) is 3.12. The van der Waals surface area contributed by atoms with Crippen molar-refractivity contribution in [1.29, 1.82) is 0 Å². The summed E-state index contributed by atoms with van der Waals surface area (Å²) in [6, 6.07) is 0. The van der Waals surface area contributed by atoms with Crippen molar-refractivity contribution < 1.29 is 9.47 Å². The van der Waals surface area contributed by atoms with Crippen LogP contribution in [0.4, 0.5) is 0 Å². The number of ether oxygens (including phenoxy) is 2. The molecule has 0 spiro atoms. The fourth-order valence-electron chi connectivity index (χ4n) is 1.22. The number of methoxy groups -OCH3 is 2. The molecule has 0 aliphatic carbocycles. The van der Waals surface area contributed by atoms with Gasteiger partial charge in [-0.05, 0) is 17.5 Å². The molecule has 1 N–H and O–H groups in total.